The first kappa shape index (κ1) is 15.5. The third-order valence-electron chi connectivity index (χ3n) is 4.46. The van der Waals surface area contributed by atoms with E-state index in [0.717, 1.165) is 13.2 Å². The van der Waals surface area contributed by atoms with Crippen LogP contribution in [0.4, 0.5) is 0 Å². The van der Waals surface area contributed by atoms with Crippen molar-refractivity contribution in [3.05, 3.63) is 35.4 Å². The summed E-state index contributed by atoms with van der Waals surface area (Å²) in [4.78, 5) is 0. The summed E-state index contributed by atoms with van der Waals surface area (Å²) in [6, 6.07) is 9.94. The minimum atomic E-state index is 0.226. The molecule has 1 fully saturated rings. The van der Waals surface area contributed by atoms with Crippen molar-refractivity contribution in [2.24, 2.45) is 5.92 Å². The minimum absolute atomic E-state index is 0.226. The maximum absolute atomic E-state index is 5.48. The van der Waals surface area contributed by atoms with Crippen LogP contribution < -0.4 is 5.32 Å². The van der Waals surface area contributed by atoms with Gasteiger partial charge in [-0.25, -0.2) is 0 Å². The summed E-state index contributed by atoms with van der Waals surface area (Å²) in [6.45, 7) is 13.1. The van der Waals surface area contributed by atoms with E-state index in [4.69, 9.17) is 4.74 Å². The molecule has 3 unspecified atom stereocenters. The van der Waals surface area contributed by atoms with Crippen LogP contribution in [0.1, 0.15) is 58.2 Å². The van der Waals surface area contributed by atoms with Gasteiger partial charge in [-0.1, -0.05) is 45.0 Å². The van der Waals surface area contributed by atoms with Crippen LogP contribution in [-0.2, 0) is 10.2 Å². The second-order valence-electron chi connectivity index (χ2n) is 7.17. The Hall–Kier alpha value is -0.860. The maximum Gasteiger partial charge on any atom is 0.0509 e. The highest BCUT2D eigenvalue weighted by atomic mass is 16.5. The van der Waals surface area contributed by atoms with Crippen LogP contribution in [0.25, 0.3) is 0 Å². The first-order chi connectivity index (χ1) is 9.38. The van der Waals surface area contributed by atoms with Crippen LogP contribution in [0.5, 0.6) is 0 Å². The Bertz CT molecular complexity index is 412. The predicted molar refractivity (Wildman–Crippen MR) is 85.1 cm³/mol. The van der Waals surface area contributed by atoms with Gasteiger partial charge in [-0.15, -0.1) is 0 Å². The second kappa shape index (κ2) is 6.28. The molecule has 0 aliphatic carbocycles. The summed E-state index contributed by atoms with van der Waals surface area (Å²) in [5.41, 5.74) is 2.98. The number of hydrogen-bond donors (Lipinski definition) is 1. The third kappa shape index (κ3) is 3.83. The standard InChI is InChI=1S/C18H29NO/c1-13(19-14(2)16-10-11-20-12-16)15-6-8-17(9-7-15)18(3,4)5/h6-9,13-14,16,19H,10-12H2,1-5H3. The monoisotopic (exact) mass is 275 g/mol. The molecule has 3 atom stereocenters. The van der Waals surface area contributed by atoms with Gasteiger partial charge in [-0.05, 0) is 42.7 Å². The van der Waals surface area contributed by atoms with Gasteiger partial charge in [0, 0.05) is 18.7 Å². The molecule has 2 nitrogen and oxygen atoms in total. The van der Waals surface area contributed by atoms with E-state index in [2.05, 4.69) is 64.2 Å². The topological polar surface area (TPSA) is 21.3 Å². The largest absolute Gasteiger partial charge is 0.381 e. The molecule has 112 valence electrons. The average Bonchev–Trinajstić information content (AvgIpc) is 2.91. The van der Waals surface area contributed by atoms with Crippen molar-refractivity contribution >= 4 is 0 Å². The Morgan fingerprint density at radius 3 is 2.30 bits per heavy atom. The SMILES string of the molecule is CC(NC(C)C1CCOC1)c1ccc(C(C)(C)C)cc1. The molecule has 0 bridgehead atoms. The summed E-state index contributed by atoms with van der Waals surface area (Å²) in [5, 5.41) is 3.72. The van der Waals surface area contributed by atoms with Gasteiger partial charge in [0.15, 0.2) is 0 Å². The van der Waals surface area contributed by atoms with Crippen molar-refractivity contribution in [3.63, 3.8) is 0 Å². The van der Waals surface area contributed by atoms with Crippen LogP contribution in [0.3, 0.4) is 0 Å². The van der Waals surface area contributed by atoms with E-state index in [9.17, 15) is 0 Å². The lowest BCUT2D eigenvalue weighted by Crippen LogP contribution is -2.35. The highest BCUT2D eigenvalue weighted by Crippen LogP contribution is 2.25. The van der Waals surface area contributed by atoms with Gasteiger partial charge in [0.25, 0.3) is 0 Å². The van der Waals surface area contributed by atoms with E-state index in [1.165, 1.54) is 17.5 Å². The Morgan fingerprint density at radius 2 is 1.80 bits per heavy atom. The molecule has 1 aromatic rings. The first-order valence-electron chi connectivity index (χ1n) is 7.82. The molecular weight excluding hydrogens is 246 g/mol. The molecule has 1 aromatic carbocycles. The van der Waals surface area contributed by atoms with Crippen molar-refractivity contribution in [1.82, 2.24) is 5.32 Å². The molecule has 0 spiro atoms. The van der Waals surface area contributed by atoms with Crippen LogP contribution in [-0.4, -0.2) is 19.3 Å². The lowest BCUT2D eigenvalue weighted by molar-refractivity contribution is 0.177. The van der Waals surface area contributed by atoms with E-state index in [0.29, 0.717) is 18.0 Å². The smallest absolute Gasteiger partial charge is 0.0509 e. The Labute approximate surface area is 123 Å². The predicted octanol–water partition coefficient (Wildman–Crippen LogP) is 4.06. The van der Waals surface area contributed by atoms with Crippen molar-refractivity contribution in [2.75, 3.05) is 13.2 Å². The number of hydrogen-bond acceptors (Lipinski definition) is 2. The molecule has 1 heterocycles. The van der Waals surface area contributed by atoms with Gasteiger partial charge >= 0.3 is 0 Å². The molecule has 1 aliphatic heterocycles. The lowest BCUT2D eigenvalue weighted by atomic mass is 9.86. The molecule has 2 heteroatoms. The van der Waals surface area contributed by atoms with Gasteiger partial charge in [0.05, 0.1) is 6.61 Å². The van der Waals surface area contributed by atoms with Crippen molar-refractivity contribution in [1.29, 1.82) is 0 Å². The quantitative estimate of drug-likeness (QED) is 0.894. The summed E-state index contributed by atoms with van der Waals surface area (Å²) in [5.74, 6) is 0.659. The third-order valence-corrected chi connectivity index (χ3v) is 4.46. The first-order valence-corrected chi connectivity index (χ1v) is 7.82. The number of benzene rings is 1. The molecule has 2 rings (SSSR count). The zero-order chi connectivity index (χ0) is 14.8. The van der Waals surface area contributed by atoms with Gasteiger partial charge in [0.2, 0.25) is 0 Å². The number of ether oxygens (including phenoxy) is 1. The molecule has 20 heavy (non-hydrogen) atoms. The van der Waals surface area contributed by atoms with Gasteiger partial charge in [0.1, 0.15) is 0 Å². The fourth-order valence-electron chi connectivity index (χ4n) is 2.85. The van der Waals surface area contributed by atoms with E-state index < -0.39 is 0 Å². The number of rotatable bonds is 4. The molecule has 1 aliphatic rings. The van der Waals surface area contributed by atoms with E-state index >= 15 is 0 Å². The summed E-state index contributed by atoms with van der Waals surface area (Å²) in [7, 11) is 0. The summed E-state index contributed by atoms with van der Waals surface area (Å²) >= 11 is 0. The Balaban J connectivity index is 1.96. The molecule has 0 amide bonds. The van der Waals surface area contributed by atoms with Crippen molar-refractivity contribution in [3.8, 4) is 0 Å². The van der Waals surface area contributed by atoms with Crippen LogP contribution in [0.2, 0.25) is 0 Å². The second-order valence-corrected chi connectivity index (χ2v) is 7.17. The zero-order valence-corrected chi connectivity index (χ0v) is 13.6. The zero-order valence-electron chi connectivity index (χ0n) is 13.6. The van der Waals surface area contributed by atoms with E-state index in [1.807, 2.05) is 0 Å². The Kier molecular flexibility index (Phi) is 4.87. The highest BCUT2D eigenvalue weighted by molar-refractivity contribution is 5.29. The van der Waals surface area contributed by atoms with E-state index in [1.54, 1.807) is 0 Å². The number of nitrogens with one attached hydrogen (secondary N) is 1. The summed E-state index contributed by atoms with van der Waals surface area (Å²) < 4.78 is 5.48. The average molecular weight is 275 g/mol. The van der Waals surface area contributed by atoms with Crippen LogP contribution >= 0.6 is 0 Å². The fourth-order valence-corrected chi connectivity index (χ4v) is 2.85. The fraction of sp³-hybridized carbons (Fsp3) is 0.667. The molecule has 0 saturated carbocycles. The molecule has 1 N–H and O–H groups in total. The maximum atomic E-state index is 5.48. The Morgan fingerprint density at radius 1 is 1.15 bits per heavy atom. The molecule has 0 radical (unpaired) electrons. The van der Waals surface area contributed by atoms with Gasteiger partial charge in [-0.3, -0.25) is 0 Å². The normalized spacial score (nSPS) is 22.8. The van der Waals surface area contributed by atoms with Gasteiger partial charge < -0.3 is 10.1 Å². The molecule has 0 aromatic heterocycles. The minimum Gasteiger partial charge on any atom is -0.381 e. The van der Waals surface area contributed by atoms with E-state index in [-0.39, 0.29) is 5.41 Å². The highest BCUT2D eigenvalue weighted by Gasteiger charge is 2.23. The van der Waals surface area contributed by atoms with Crippen LogP contribution in [0.15, 0.2) is 24.3 Å². The van der Waals surface area contributed by atoms with Crippen molar-refractivity contribution < 1.29 is 4.74 Å². The van der Waals surface area contributed by atoms with Crippen molar-refractivity contribution in [2.45, 2.75) is 58.5 Å². The van der Waals surface area contributed by atoms with Gasteiger partial charge in [-0.2, -0.15) is 0 Å². The molecule has 1 saturated heterocycles. The molecular formula is C18H29NO. The summed E-state index contributed by atoms with van der Waals surface area (Å²) in [6.07, 6.45) is 1.18. The lowest BCUT2D eigenvalue weighted by Gasteiger charge is -2.25. The van der Waals surface area contributed by atoms with Crippen LogP contribution in [0, 0.1) is 5.92 Å².